The maximum absolute atomic E-state index is 5.45. The molecule has 4 rings (SSSR count). The van der Waals surface area contributed by atoms with Gasteiger partial charge in [-0.3, -0.25) is 9.88 Å². The zero-order valence-corrected chi connectivity index (χ0v) is 15.9. The van der Waals surface area contributed by atoms with Gasteiger partial charge in [0, 0.05) is 34.6 Å². The summed E-state index contributed by atoms with van der Waals surface area (Å²) in [6.07, 6.45) is 0. The Morgan fingerprint density at radius 2 is 1.73 bits per heavy atom. The van der Waals surface area contributed by atoms with Crippen molar-refractivity contribution in [3.63, 3.8) is 0 Å². The van der Waals surface area contributed by atoms with Crippen LogP contribution in [0.1, 0.15) is 11.3 Å². The van der Waals surface area contributed by atoms with E-state index >= 15 is 0 Å². The van der Waals surface area contributed by atoms with Crippen LogP contribution in [-0.2, 0) is 4.74 Å². The molecule has 1 saturated heterocycles. The number of benzene rings is 2. The molecule has 0 radical (unpaired) electrons. The summed E-state index contributed by atoms with van der Waals surface area (Å²) in [5.41, 5.74) is 6.84. The van der Waals surface area contributed by atoms with E-state index in [0.29, 0.717) is 0 Å². The van der Waals surface area contributed by atoms with Crippen LogP contribution in [0, 0.1) is 13.8 Å². The van der Waals surface area contributed by atoms with Gasteiger partial charge in [0.05, 0.1) is 18.7 Å². The lowest BCUT2D eigenvalue weighted by Crippen LogP contribution is -3.09. The molecule has 0 bridgehead atoms. The van der Waals surface area contributed by atoms with Gasteiger partial charge in [-0.25, -0.2) is 0 Å². The van der Waals surface area contributed by atoms with Crippen molar-refractivity contribution in [2.75, 3.05) is 31.6 Å². The molecule has 0 unspecified atom stereocenters. The average molecular weight is 370 g/mol. The van der Waals surface area contributed by atoms with E-state index < -0.39 is 0 Å². The lowest BCUT2D eigenvalue weighted by Gasteiger charge is -2.23. The molecule has 3 aromatic rings. The molecular weight excluding hydrogens is 346 g/mol. The topological polar surface area (TPSA) is 38.6 Å². The number of nitrogens with zero attached hydrogens (tertiary/aromatic N) is 1. The lowest BCUT2D eigenvalue weighted by atomic mass is 10.1. The molecule has 0 atom stereocenters. The molecule has 2 heterocycles. The van der Waals surface area contributed by atoms with Crippen molar-refractivity contribution in [3.05, 3.63) is 59.8 Å². The van der Waals surface area contributed by atoms with E-state index in [-0.39, 0.29) is 12.4 Å². The number of aromatic nitrogens is 1. The van der Waals surface area contributed by atoms with Crippen molar-refractivity contribution in [3.8, 4) is 0 Å². The summed E-state index contributed by atoms with van der Waals surface area (Å²) >= 11 is 0. The minimum Gasteiger partial charge on any atom is -1.00 e. The SMILES string of the molecule is Cc1cc(Nc2ccc([NH+]3CCOCC3)cc2)c2cccc(C)c2n1.[Cl-]. The molecule has 2 aromatic carbocycles. The first kappa shape index (κ1) is 18.6. The van der Waals surface area contributed by atoms with Crippen LogP contribution in [0.3, 0.4) is 0 Å². The standard InChI is InChI=1S/C21H23N3O.ClH/c1-15-4-3-5-19-20(14-16(2)22-21(15)19)23-17-6-8-18(9-7-17)24-10-12-25-13-11-24;/h3-9,14H,10-13H2,1-2H3,(H,22,23);1H. The van der Waals surface area contributed by atoms with Crippen molar-refractivity contribution >= 4 is 28.0 Å². The Morgan fingerprint density at radius 3 is 2.46 bits per heavy atom. The Labute approximate surface area is 160 Å². The van der Waals surface area contributed by atoms with E-state index in [2.05, 4.69) is 60.8 Å². The Balaban J connectivity index is 0.00000196. The van der Waals surface area contributed by atoms with E-state index in [1.807, 2.05) is 6.92 Å². The van der Waals surface area contributed by atoms with Crippen LogP contribution in [0.15, 0.2) is 48.5 Å². The van der Waals surface area contributed by atoms with Crippen molar-refractivity contribution < 1.29 is 22.0 Å². The summed E-state index contributed by atoms with van der Waals surface area (Å²) in [4.78, 5) is 6.20. The van der Waals surface area contributed by atoms with Gasteiger partial charge in [0.25, 0.3) is 0 Å². The number of nitrogens with one attached hydrogen (secondary N) is 2. The summed E-state index contributed by atoms with van der Waals surface area (Å²) in [6, 6.07) is 17.2. The Hall–Kier alpha value is -2.14. The fourth-order valence-electron chi connectivity index (χ4n) is 3.47. The zero-order chi connectivity index (χ0) is 17.2. The van der Waals surface area contributed by atoms with Crippen LogP contribution in [-0.4, -0.2) is 31.3 Å². The Kier molecular flexibility index (Phi) is 5.77. The number of anilines is 2. The molecular formula is C21H24ClN3O. The fourth-order valence-corrected chi connectivity index (χ4v) is 3.47. The van der Waals surface area contributed by atoms with Crippen molar-refractivity contribution in [2.24, 2.45) is 0 Å². The molecule has 136 valence electrons. The summed E-state index contributed by atoms with van der Waals surface area (Å²) in [5.74, 6) is 0. The number of ether oxygens (including phenoxy) is 1. The van der Waals surface area contributed by atoms with E-state index in [1.165, 1.54) is 16.2 Å². The van der Waals surface area contributed by atoms with Gasteiger partial charge in [-0.1, -0.05) is 18.2 Å². The normalized spacial score (nSPS) is 14.8. The maximum atomic E-state index is 5.45. The summed E-state index contributed by atoms with van der Waals surface area (Å²) in [5, 5.41) is 4.73. The zero-order valence-electron chi connectivity index (χ0n) is 15.2. The first-order chi connectivity index (χ1) is 12.2. The quantitative estimate of drug-likeness (QED) is 0.690. The summed E-state index contributed by atoms with van der Waals surface area (Å²) in [6.45, 7) is 7.93. The summed E-state index contributed by atoms with van der Waals surface area (Å²) < 4.78 is 5.45. The van der Waals surface area contributed by atoms with E-state index in [0.717, 1.165) is 54.3 Å². The number of halogens is 1. The molecule has 1 aliphatic heterocycles. The number of morpholine rings is 1. The average Bonchev–Trinajstić information content (AvgIpc) is 2.64. The Bertz CT molecular complexity index is 890. The molecule has 0 aliphatic carbocycles. The predicted molar refractivity (Wildman–Crippen MR) is 102 cm³/mol. The van der Waals surface area contributed by atoms with Gasteiger partial charge >= 0.3 is 0 Å². The molecule has 1 aromatic heterocycles. The molecule has 2 N–H and O–H groups in total. The second kappa shape index (κ2) is 8.04. The molecule has 5 heteroatoms. The smallest absolute Gasteiger partial charge is 0.131 e. The van der Waals surface area contributed by atoms with Gasteiger partial charge in [0.2, 0.25) is 0 Å². The number of hydrogen-bond donors (Lipinski definition) is 2. The first-order valence-electron chi connectivity index (χ1n) is 8.87. The highest BCUT2D eigenvalue weighted by atomic mass is 35.5. The summed E-state index contributed by atoms with van der Waals surface area (Å²) in [7, 11) is 0. The molecule has 4 nitrogen and oxygen atoms in total. The number of fused-ring (bicyclic) bond motifs is 1. The van der Waals surface area contributed by atoms with Crippen LogP contribution < -0.4 is 22.6 Å². The molecule has 0 saturated carbocycles. The highest BCUT2D eigenvalue weighted by Crippen LogP contribution is 2.28. The second-order valence-electron chi connectivity index (χ2n) is 6.70. The van der Waals surface area contributed by atoms with E-state index in [4.69, 9.17) is 9.72 Å². The third kappa shape index (κ3) is 3.83. The van der Waals surface area contributed by atoms with Gasteiger partial charge in [-0.2, -0.15) is 0 Å². The molecule has 0 spiro atoms. The lowest BCUT2D eigenvalue weighted by molar-refractivity contribution is -0.842. The van der Waals surface area contributed by atoms with Crippen LogP contribution in [0.25, 0.3) is 10.9 Å². The third-order valence-corrected chi connectivity index (χ3v) is 4.84. The predicted octanol–water partition coefficient (Wildman–Crippen LogP) is 0.146. The monoisotopic (exact) mass is 369 g/mol. The highest BCUT2D eigenvalue weighted by molar-refractivity contribution is 5.94. The van der Waals surface area contributed by atoms with Crippen molar-refractivity contribution in [1.82, 2.24) is 4.98 Å². The van der Waals surface area contributed by atoms with Gasteiger partial charge in [0.15, 0.2) is 0 Å². The third-order valence-electron chi connectivity index (χ3n) is 4.84. The first-order valence-corrected chi connectivity index (χ1v) is 8.87. The van der Waals surface area contributed by atoms with Crippen LogP contribution in [0.2, 0.25) is 0 Å². The minimum atomic E-state index is 0. The van der Waals surface area contributed by atoms with Crippen LogP contribution in [0.5, 0.6) is 0 Å². The van der Waals surface area contributed by atoms with Crippen LogP contribution >= 0.6 is 0 Å². The van der Waals surface area contributed by atoms with Crippen molar-refractivity contribution in [2.45, 2.75) is 13.8 Å². The number of pyridine rings is 1. The maximum Gasteiger partial charge on any atom is 0.131 e. The van der Waals surface area contributed by atoms with Gasteiger partial charge in [-0.15, -0.1) is 0 Å². The van der Waals surface area contributed by atoms with E-state index in [1.54, 1.807) is 0 Å². The molecule has 26 heavy (non-hydrogen) atoms. The van der Waals surface area contributed by atoms with E-state index in [9.17, 15) is 0 Å². The van der Waals surface area contributed by atoms with Crippen molar-refractivity contribution in [1.29, 1.82) is 0 Å². The van der Waals surface area contributed by atoms with Gasteiger partial charge < -0.3 is 22.5 Å². The molecule has 1 fully saturated rings. The molecule has 1 aliphatic rings. The number of para-hydroxylation sites is 1. The number of quaternary nitrogens is 1. The van der Waals surface area contributed by atoms with Crippen LogP contribution in [0.4, 0.5) is 17.1 Å². The van der Waals surface area contributed by atoms with Gasteiger partial charge in [0.1, 0.15) is 18.8 Å². The highest BCUT2D eigenvalue weighted by Gasteiger charge is 2.16. The fraction of sp³-hybridized carbons (Fsp3) is 0.286. The molecule has 0 amide bonds. The largest absolute Gasteiger partial charge is 1.00 e. The number of hydrogen-bond acceptors (Lipinski definition) is 3. The number of aryl methyl sites for hydroxylation is 2. The second-order valence-corrected chi connectivity index (χ2v) is 6.70. The Morgan fingerprint density at radius 1 is 1.00 bits per heavy atom. The number of rotatable bonds is 3. The minimum absolute atomic E-state index is 0. The van der Waals surface area contributed by atoms with Gasteiger partial charge in [-0.05, 0) is 37.6 Å².